The van der Waals surface area contributed by atoms with Crippen molar-refractivity contribution < 1.29 is 0 Å². The quantitative estimate of drug-likeness (QED) is 0.433. The van der Waals surface area contributed by atoms with Gasteiger partial charge < -0.3 is 0 Å². The largest absolute Gasteiger partial charge is 0.0912 e. The second-order valence-corrected chi connectivity index (χ2v) is 2.08. The molecule has 0 saturated carbocycles. The minimum atomic E-state index is 0.976. The van der Waals surface area contributed by atoms with E-state index in [9.17, 15) is 0 Å². The summed E-state index contributed by atoms with van der Waals surface area (Å²) in [6.45, 7) is 0. The van der Waals surface area contributed by atoms with Gasteiger partial charge in [-0.1, -0.05) is 36.7 Å². The van der Waals surface area contributed by atoms with Crippen molar-refractivity contribution in [2.45, 2.75) is 0 Å². The van der Waals surface area contributed by atoms with Gasteiger partial charge in [0.1, 0.15) is 0 Å². The first-order chi connectivity index (χ1) is 5.43. The molecule has 0 atom stereocenters. The van der Waals surface area contributed by atoms with Crippen LogP contribution in [0, 0.1) is 23.0 Å². The van der Waals surface area contributed by atoms with Gasteiger partial charge in [0.15, 0.2) is 0 Å². The lowest BCUT2D eigenvalue weighted by molar-refractivity contribution is 1.65. The number of hydrogen-bond acceptors (Lipinski definition) is 1. The lowest BCUT2D eigenvalue weighted by Crippen LogP contribution is -1.68. The topological polar surface area (TPSA) is 0 Å². The Labute approximate surface area is 72.0 Å². The number of benzene rings is 1. The van der Waals surface area contributed by atoms with E-state index in [4.69, 9.17) is 0 Å². The lowest BCUT2D eigenvalue weighted by Gasteiger charge is -1.83. The van der Waals surface area contributed by atoms with Crippen molar-refractivity contribution in [2.24, 2.45) is 0 Å². The average molecular weight is 158 g/mol. The molecule has 0 saturated heterocycles. The Kier molecular flexibility index (Phi) is 3.19. The molecule has 1 aromatic carbocycles. The summed E-state index contributed by atoms with van der Waals surface area (Å²) in [4.78, 5) is 0. The van der Waals surface area contributed by atoms with Crippen LogP contribution in [0.15, 0.2) is 30.3 Å². The maximum atomic E-state index is 3.70. The Morgan fingerprint density at radius 1 is 1.00 bits per heavy atom. The molecule has 0 bridgehead atoms. The third-order valence-corrected chi connectivity index (χ3v) is 1.21. The molecular formula is C10H6S. The van der Waals surface area contributed by atoms with E-state index in [0.29, 0.717) is 0 Å². The van der Waals surface area contributed by atoms with Gasteiger partial charge in [-0.3, -0.25) is 0 Å². The number of thiol groups is 1. The predicted molar refractivity (Wildman–Crippen MR) is 50.1 cm³/mol. The van der Waals surface area contributed by atoms with E-state index in [-0.39, 0.29) is 0 Å². The van der Waals surface area contributed by atoms with Gasteiger partial charge in [0, 0.05) is 5.56 Å². The van der Waals surface area contributed by atoms with E-state index in [0.717, 1.165) is 5.56 Å². The van der Waals surface area contributed by atoms with Crippen LogP contribution in [0.1, 0.15) is 5.56 Å². The van der Waals surface area contributed by atoms with E-state index in [1.165, 1.54) is 0 Å². The van der Waals surface area contributed by atoms with Crippen molar-refractivity contribution in [1.82, 2.24) is 0 Å². The molecule has 0 fully saturated rings. The van der Waals surface area contributed by atoms with Crippen molar-refractivity contribution in [3.63, 3.8) is 0 Å². The van der Waals surface area contributed by atoms with Crippen LogP contribution in [-0.4, -0.2) is 0 Å². The second kappa shape index (κ2) is 4.50. The molecule has 0 N–H and O–H groups in total. The summed E-state index contributed by atoms with van der Waals surface area (Å²) < 4.78 is 0. The third kappa shape index (κ3) is 2.85. The highest BCUT2D eigenvalue weighted by atomic mass is 32.1. The molecule has 0 aliphatic rings. The zero-order valence-electron chi connectivity index (χ0n) is 5.83. The van der Waals surface area contributed by atoms with E-state index in [2.05, 4.69) is 35.6 Å². The minimum absolute atomic E-state index is 0.976. The van der Waals surface area contributed by atoms with Gasteiger partial charge in [0.2, 0.25) is 0 Å². The summed E-state index contributed by atoms with van der Waals surface area (Å²) >= 11 is 3.70. The van der Waals surface area contributed by atoms with Gasteiger partial charge in [-0.25, -0.2) is 0 Å². The molecule has 0 heterocycles. The van der Waals surface area contributed by atoms with Crippen LogP contribution in [0.25, 0.3) is 0 Å². The smallest absolute Gasteiger partial charge is 0.0255 e. The molecule has 52 valence electrons. The molecule has 11 heavy (non-hydrogen) atoms. The van der Waals surface area contributed by atoms with Gasteiger partial charge >= 0.3 is 0 Å². The molecule has 0 aromatic heterocycles. The van der Waals surface area contributed by atoms with E-state index in [1.54, 1.807) is 0 Å². The monoisotopic (exact) mass is 158 g/mol. The molecule has 0 aliphatic heterocycles. The molecule has 1 aromatic rings. The van der Waals surface area contributed by atoms with Crippen LogP contribution in [0.3, 0.4) is 0 Å². The summed E-state index contributed by atoms with van der Waals surface area (Å²) in [5.41, 5.74) is 0.976. The van der Waals surface area contributed by atoms with Crippen LogP contribution in [0.4, 0.5) is 0 Å². The molecule has 0 amide bonds. The Morgan fingerprint density at radius 3 is 2.36 bits per heavy atom. The zero-order chi connectivity index (χ0) is 7.94. The summed E-state index contributed by atoms with van der Waals surface area (Å²) in [6, 6.07) is 9.71. The molecule has 1 heteroatoms. The first-order valence-corrected chi connectivity index (χ1v) is 3.58. The van der Waals surface area contributed by atoms with Crippen LogP contribution < -0.4 is 0 Å². The van der Waals surface area contributed by atoms with Gasteiger partial charge in [-0.2, -0.15) is 0 Å². The third-order valence-electron chi connectivity index (χ3n) is 1.10. The Hall–Kier alpha value is -1.31. The summed E-state index contributed by atoms with van der Waals surface area (Å²) in [5, 5.41) is 2.41. The molecular weight excluding hydrogens is 152 g/mol. The van der Waals surface area contributed by atoms with Crippen LogP contribution in [-0.2, 0) is 0 Å². The highest BCUT2D eigenvalue weighted by molar-refractivity contribution is 7.85. The maximum absolute atomic E-state index is 3.70. The Bertz CT molecular complexity index is 330. The second-order valence-electron chi connectivity index (χ2n) is 1.85. The molecule has 0 unspecified atom stereocenters. The van der Waals surface area contributed by atoms with E-state index >= 15 is 0 Å². The normalized spacial score (nSPS) is 7.00. The average Bonchev–Trinajstić information content (AvgIpc) is 2.07. The van der Waals surface area contributed by atoms with Gasteiger partial charge in [-0.05, 0) is 29.2 Å². The summed E-state index contributed by atoms with van der Waals surface area (Å²) in [6.07, 6.45) is 0. The van der Waals surface area contributed by atoms with Gasteiger partial charge in [0.05, 0.1) is 0 Å². The number of hydrogen-bond donors (Lipinski definition) is 1. The van der Waals surface area contributed by atoms with Crippen molar-refractivity contribution in [3.8, 4) is 23.0 Å². The van der Waals surface area contributed by atoms with E-state index < -0.39 is 0 Å². The standard InChI is InChI=1S/C10H6S/c11-9-5-4-8-10-6-2-1-3-7-10/h1-3,6-7,11H. The Balaban J connectivity index is 2.80. The van der Waals surface area contributed by atoms with Crippen molar-refractivity contribution in [1.29, 1.82) is 0 Å². The minimum Gasteiger partial charge on any atom is -0.0912 e. The van der Waals surface area contributed by atoms with Crippen molar-refractivity contribution >= 4 is 12.6 Å². The van der Waals surface area contributed by atoms with Crippen molar-refractivity contribution in [2.75, 3.05) is 0 Å². The molecule has 0 aliphatic carbocycles. The van der Waals surface area contributed by atoms with Crippen molar-refractivity contribution in [3.05, 3.63) is 35.9 Å². The highest BCUT2D eigenvalue weighted by Gasteiger charge is 1.78. The van der Waals surface area contributed by atoms with Gasteiger partial charge in [0.25, 0.3) is 0 Å². The number of rotatable bonds is 0. The van der Waals surface area contributed by atoms with Crippen LogP contribution in [0.2, 0.25) is 0 Å². The molecule has 0 nitrogen and oxygen atoms in total. The zero-order valence-corrected chi connectivity index (χ0v) is 6.73. The first kappa shape index (κ1) is 7.79. The highest BCUT2D eigenvalue weighted by Crippen LogP contribution is 1.93. The molecule has 1 rings (SSSR count). The summed E-state index contributed by atoms with van der Waals surface area (Å²) in [7, 11) is 0. The summed E-state index contributed by atoms with van der Waals surface area (Å²) in [5.74, 6) is 8.09. The SMILES string of the molecule is SC#CC#Cc1ccccc1. The Morgan fingerprint density at radius 2 is 1.73 bits per heavy atom. The fourth-order valence-corrected chi connectivity index (χ4v) is 0.709. The van der Waals surface area contributed by atoms with Gasteiger partial charge in [-0.15, -0.1) is 0 Å². The molecule has 0 radical (unpaired) electrons. The van der Waals surface area contributed by atoms with Crippen LogP contribution in [0.5, 0.6) is 0 Å². The maximum Gasteiger partial charge on any atom is 0.0255 e. The first-order valence-electron chi connectivity index (χ1n) is 3.13. The fourth-order valence-electron chi connectivity index (χ4n) is 0.653. The van der Waals surface area contributed by atoms with Crippen LogP contribution >= 0.6 is 12.6 Å². The predicted octanol–water partition coefficient (Wildman–Crippen LogP) is 1.93. The molecule has 0 spiro atoms. The fraction of sp³-hybridized carbons (Fsp3) is 0. The lowest BCUT2D eigenvalue weighted by atomic mass is 10.2. The van der Waals surface area contributed by atoms with E-state index in [1.807, 2.05) is 30.3 Å².